The first kappa shape index (κ1) is 16.5. The Morgan fingerprint density at radius 3 is 2.35 bits per heavy atom. The van der Waals surface area contributed by atoms with Gasteiger partial charge in [-0.1, -0.05) is 12.1 Å². The number of methoxy groups -OCH3 is 2. The largest absolute Gasteiger partial charge is 0.493 e. The number of nitrogen functional groups attached to an aromatic ring is 1. The molecule has 0 aliphatic heterocycles. The molecule has 0 saturated carbocycles. The molecule has 2 heterocycles. The first-order valence-corrected chi connectivity index (χ1v) is 8.99. The number of aromatic nitrogens is 2. The molecular formula is C20H19N3O2S. The normalized spacial score (nSPS) is 11.0. The van der Waals surface area contributed by atoms with Crippen molar-refractivity contribution in [2.24, 2.45) is 0 Å². The van der Waals surface area contributed by atoms with Gasteiger partial charge in [-0.2, -0.15) is 0 Å². The molecule has 0 aliphatic rings. The lowest BCUT2D eigenvalue weighted by molar-refractivity contribution is 0.355. The smallest absolute Gasteiger partial charge is 0.194 e. The number of nitrogens with two attached hydrogens (primary N) is 1. The van der Waals surface area contributed by atoms with Gasteiger partial charge in [0.05, 0.1) is 25.6 Å². The molecule has 6 heteroatoms. The Balaban J connectivity index is 1.85. The maximum absolute atomic E-state index is 5.79. The van der Waals surface area contributed by atoms with E-state index in [1.807, 2.05) is 42.5 Å². The quantitative estimate of drug-likeness (QED) is 0.535. The molecule has 26 heavy (non-hydrogen) atoms. The van der Waals surface area contributed by atoms with Gasteiger partial charge in [0, 0.05) is 27.9 Å². The number of rotatable bonds is 4. The van der Waals surface area contributed by atoms with Crippen LogP contribution in [0.1, 0.15) is 4.88 Å². The average Bonchev–Trinajstić information content (AvgIpc) is 3.18. The highest BCUT2D eigenvalue weighted by Crippen LogP contribution is 2.37. The molecule has 2 N–H and O–H groups in total. The number of hydrogen-bond acceptors (Lipinski definition) is 5. The van der Waals surface area contributed by atoms with E-state index in [1.54, 1.807) is 25.6 Å². The maximum Gasteiger partial charge on any atom is 0.194 e. The molecular weight excluding hydrogens is 346 g/mol. The van der Waals surface area contributed by atoms with Crippen molar-refractivity contribution in [2.75, 3.05) is 20.0 Å². The summed E-state index contributed by atoms with van der Waals surface area (Å²) in [6.07, 6.45) is 2.07. The zero-order chi connectivity index (χ0) is 18.3. The minimum absolute atomic E-state index is 0.711. The van der Waals surface area contributed by atoms with Gasteiger partial charge >= 0.3 is 0 Å². The van der Waals surface area contributed by atoms with Crippen LogP contribution in [0.15, 0.2) is 48.7 Å². The topological polar surface area (TPSA) is 61.8 Å². The lowest BCUT2D eigenvalue weighted by Gasteiger charge is -2.10. The van der Waals surface area contributed by atoms with E-state index in [0.717, 1.165) is 33.2 Å². The number of ether oxygens (including phenoxy) is 2. The number of anilines is 1. The van der Waals surface area contributed by atoms with E-state index in [0.29, 0.717) is 11.5 Å². The van der Waals surface area contributed by atoms with Crippen molar-refractivity contribution in [3.63, 3.8) is 0 Å². The van der Waals surface area contributed by atoms with Gasteiger partial charge < -0.3 is 15.2 Å². The number of aryl methyl sites for hydroxylation is 1. The standard InChI is InChI=1S/C20H19N3O2S/c1-12-19(14-6-9-17(24-2)18(10-14)25-3)23-11-16(22-20(23)26-12)13-4-7-15(21)8-5-13/h4-11H,21H2,1-3H3. The number of imidazole rings is 1. The van der Waals surface area contributed by atoms with E-state index in [4.69, 9.17) is 20.2 Å². The van der Waals surface area contributed by atoms with Crippen LogP contribution < -0.4 is 15.2 Å². The summed E-state index contributed by atoms with van der Waals surface area (Å²) < 4.78 is 12.9. The lowest BCUT2D eigenvalue weighted by atomic mass is 10.1. The highest BCUT2D eigenvalue weighted by Gasteiger charge is 2.16. The molecule has 4 rings (SSSR count). The van der Waals surface area contributed by atoms with Crippen LogP contribution in [0.25, 0.3) is 27.5 Å². The number of nitrogens with zero attached hydrogens (tertiary/aromatic N) is 2. The molecule has 0 fully saturated rings. The van der Waals surface area contributed by atoms with Crippen molar-refractivity contribution in [3.8, 4) is 34.0 Å². The van der Waals surface area contributed by atoms with Gasteiger partial charge in [-0.25, -0.2) is 4.98 Å². The Hall–Kier alpha value is -2.99. The summed E-state index contributed by atoms with van der Waals surface area (Å²) in [4.78, 5) is 6.94. The summed E-state index contributed by atoms with van der Waals surface area (Å²) in [6, 6.07) is 13.7. The zero-order valence-electron chi connectivity index (χ0n) is 14.8. The molecule has 2 aromatic heterocycles. The van der Waals surface area contributed by atoms with E-state index in [-0.39, 0.29) is 0 Å². The summed E-state index contributed by atoms with van der Waals surface area (Å²) in [7, 11) is 3.29. The van der Waals surface area contributed by atoms with Crippen LogP contribution in [0.5, 0.6) is 11.5 Å². The number of hydrogen-bond donors (Lipinski definition) is 1. The molecule has 0 saturated heterocycles. The Bertz CT molecular complexity index is 1080. The first-order valence-electron chi connectivity index (χ1n) is 8.17. The van der Waals surface area contributed by atoms with Crippen molar-refractivity contribution >= 4 is 22.0 Å². The summed E-state index contributed by atoms with van der Waals surface area (Å²) in [6.45, 7) is 2.11. The van der Waals surface area contributed by atoms with Crippen LogP contribution in [0, 0.1) is 6.92 Å². The second-order valence-electron chi connectivity index (χ2n) is 5.98. The minimum atomic E-state index is 0.711. The van der Waals surface area contributed by atoms with Crippen molar-refractivity contribution < 1.29 is 9.47 Å². The van der Waals surface area contributed by atoms with Crippen LogP contribution in [0.2, 0.25) is 0 Å². The van der Waals surface area contributed by atoms with E-state index in [2.05, 4.69) is 17.5 Å². The molecule has 132 valence electrons. The van der Waals surface area contributed by atoms with Gasteiger partial charge in [0.15, 0.2) is 16.5 Å². The summed E-state index contributed by atoms with van der Waals surface area (Å²) in [5.74, 6) is 1.43. The van der Waals surface area contributed by atoms with E-state index in [1.165, 1.54) is 4.88 Å². The Morgan fingerprint density at radius 2 is 1.65 bits per heavy atom. The molecule has 4 aromatic rings. The van der Waals surface area contributed by atoms with Gasteiger partial charge in [-0.15, -0.1) is 11.3 Å². The second-order valence-corrected chi connectivity index (χ2v) is 7.16. The SMILES string of the molecule is COc1ccc(-c2c(C)sc3nc(-c4ccc(N)cc4)cn23)cc1OC. The third-order valence-corrected chi connectivity index (χ3v) is 5.33. The molecule has 0 amide bonds. The third kappa shape index (κ3) is 2.68. The van der Waals surface area contributed by atoms with Crippen molar-refractivity contribution in [1.29, 1.82) is 0 Å². The molecule has 0 bridgehead atoms. The van der Waals surface area contributed by atoms with E-state index >= 15 is 0 Å². The molecule has 0 aliphatic carbocycles. The van der Waals surface area contributed by atoms with Crippen molar-refractivity contribution in [1.82, 2.24) is 9.38 Å². The van der Waals surface area contributed by atoms with Gasteiger partial charge in [-0.05, 0) is 37.3 Å². The molecule has 0 atom stereocenters. The molecule has 0 spiro atoms. The monoisotopic (exact) mass is 365 g/mol. The van der Waals surface area contributed by atoms with Crippen LogP contribution in [-0.4, -0.2) is 23.6 Å². The zero-order valence-corrected chi connectivity index (χ0v) is 15.6. The van der Waals surface area contributed by atoms with Crippen LogP contribution in [-0.2, 0) is 0 Å². The fourth-order valence-corrected chi connectivity index (χ4v) is 4.04. The van der Waals surface area contributed by atoms with Gasteiger partial charge in [-0.3, -0.25) is 4.40 Å². The minimum Gasteiger partial charge on any atom is -0.493 e. The molecule has 2 aromatic carbocycles. The van der Waals surface area contributed by atoms with Crippen LogP contribution in [0.4, 0.5) is 5.69 Å². The van der Waals surface area contributed by atoms with Crippen LogP contribution in [0.3, 0.4) is 0 Å². The van der Waals surface area contributed by atoms with E-state index in [9.17, 15) is 0 Å². The fourth-order valence-electron chi connectivity index (χ4n) is 3.07. The molecule has 0 radical (unpaired) electrons. The summed E-state index contributed by atoms with van der Waals surface area (Å²) in [5.41, 5.74) is 10.7. The third-order valence-electron chi connectivity index (χ3n) is 4.36. The Labute approximate surface area is 155 Å². The molecule has 0 unspecified atom stereocenters. The average molecular weight is 365 g/mol. The van der Waals surface area contributed by atoms with E-state index < -0.39 is 0 Å². The summed E-state index contributed by atoms with van der Waals surface area (Å²) in [5, 5.41) is 0. The van der Waals surface area contributed by atoms with Crippen molar-refractivity contribution in [3.05, 3.63) is 53.5 Å². The highest BCUT2D eigenvalue weighted by molar-refractivity contribution is 7.17. The number of thiazole rings is 1. The maximum atomic E-state index is 5.79. The van der Waals surface area contributed by atoms with Gasteiger partial charge in [0.25, 0.3) is 0 Å². The second kappa shape index (κ2) is 6.38. The van der Waals surface area contributed by atoms with Crippen molar-refractivity contribution in [2.45, 2.75) is 6.92 Å². The first-order chi connectivity index (χ1) is 12.6. The predicted octanol–water partition coefficient (Wildman–Crippen LogP) is 4.64. The predicted molar refractivity (Wildman–Crippen MR) is 106 cm³/mol. The van der Waals surface area contributed by atoms with Gasteiger partial charge in [0.1, 0.15) is 0 Å². The van der Waals surface area contributed by atoms with Gasteiger partial charge in [0.2, 0.25) is 0 Å². The Kier molecular flexibility index (Phi) is 4.05. The highest BCUT2D eigenvalue weighted by atomic mass is 32.1. The number of benzene rings is 2. The fraction of sp³-hybridized carbons (Fsp3) is 0.150. The van der Waals surface area contributed by atoms with Crippen LogP contribution >= 0.6 is 11.3 Å². The number of fused-ring (bicyclic) bond motifs is 1. The Morgan fingerprint density at radius 1 is 0.962 bits per heavy atom. The molecule has 5 nitrogen and oxygen atoms in total. The summed E-state index contributed by atoms with van der Waals surface area (Å²) >= 11 is 1.67. The lowest BCUT2D eigenvalue weighted by Crippen LogP contribution is -1.92.